The van der Waals surface area contributed by atoms with Crippen LogP contribution in [0.4, 0.5) is 0 Å². The highest BCUT2D eigenvalue weighted by Crippen LogP contribution is 2.25. The van der Waals surface area contributed by atoms with Gasteiger partial charge in [-0.05, 0) is 24.5 Å². The highest BCUT2D eigenvalue weighted by Gasteiger charge is 2.37. The van der Waals surface area contributed by atoms with Gasteiger partial charge in [0.25, 0.3) is 0 Å². The fourth-order valence-electron chi connectivity index (χ4n) is 2.33. The minimum absolute atomic E-state index is 0.0591. The number of rotatable bonds is 4. The Labute approximate surface area is 114 Å². The van der Waals surface area contributed by atoms with Gasteiger partial charge in [-0.2, -0.15) is 4.31 Å². The Morgan fingerprint density at radius 3 is 2.53 bits per heavy atom. The predicted molar refractivity (Wildman–Crippen MR) is 73.8 cm³/mol. The van der Waals surface area contributed by atoms with Crippen LogP contribution in [-0.4, -0.2) is 36.5 Å². The molecule has 19 heavy (non-hydrogen) atoms. The second-order valence-electron chi connectivity index (χ2n) is 5.31. The van der Waals surface area contributed by atoms with Crippen LogP contribution in [0.25, 0.3) is 0 Å². The van der Waals surface area contributed by atoms with Crippen molar-refractivity contribution < 1.29 is 13.5 Å². The number of sulfonamides is 1. The summed E-state index contributed by atoms with van der Waals surface area (Å²) in [6, 6.07) is 7.28. The van der Waals surface area contributed by atoms with Crippen LogP contribution in [0.1, 0.15) is 24.5 Å². The topological polar surface area (TPSA) is 83.6 Å². The lowest BCUT2D eigenvalue weighted by Gasteiger charge is -2.19. The number of hydrogen-bond acceptors (Lipinski definition) is 4. The number of β-amino-alcohol motifs (C(OH)–C–C–N with tert-alkyl or cyclic N) is 1. The first kappa shape index (κ1) is 14.5. The summed E-state index contributed by atoms with van der Waals surface area (Å²) in [5.74, 6) is -0.0591. The summed E-state index contributed by atoms with van der Waals surface area (Å²) < 4.78 is 26.0. The summed E-state index contributed by atoms with van der Waals surface area (Å²) in [5, 5.41) is 9.87. The van der Waals surface area contributed by atoms with E-state index in [1.807, 2.05) is 18.2 Å². The summed E-state index contributed by atoms with van der Waals surface area (Å²) >= 11 is 0. The number of benzene rings is 1. The summed E-state index contributed by atoms with van der Waals surface area (Å²) in [7, 11) is -3.40. The second kappa shape index (κ2) is 5.20. The van der Waals surface area contributed by atoms with Crippen LogP contribution >= 0.6 is 0 Å². The van der Waals surface area contributed by atoms with E-state index in [9.17, 15) is 13.5 Å². The lowest BCUT2D eigenvalue weighted by Crippen LogP contribution is -2.34. The zero-order valence-electron chi connectivity index (χ0n) is 11.0. The Hall–Kier alpha value is -0.950. The van der Waals surface area contributed by atoms with Crippen molar-refractivity contribution in [1.82, 2.24) is 4.31 Å². The second-order valence-corrected chi connectivity index (χ2v) is 7.28. The average molecular weight is 284 g/mol. The first-order chi connectivity index (χ1) is 8.84. The van der Waals surface area contributed by atoms with Gasteiger partial charge < -0.3 is 10.8 Å². The molecule has 0 radical (unpaired) electrons. The smallest absolute Gasteiger partial charge is 0.218 e. The molecule has 106 valence electrons. The molecular weight excluding hydrogens is 264 g/mol. The Morgan fingerprint density at radius 1 is 1.37 bits per heavy atom. The molecule has 0 amide bonds. The number of nitrogens with two attached hydrogens (primary N) is 1. The molecule has 0 spiro atoms. The molecule has 0 aliphatic carbocycles. The molecule has 1 unspecified atom stereocenters. The normalized spacial score (nSPS) is 24.8. The Bertz CT molecular complexity index is 555. The predicted octanol–water partition coefficient (Wildman–Crippen LogP) is 0.432. The van der Waals surface area contributed by atoms with Gasteiger partial charge in [0.1, 0.15) is 0 Å². The van der Waals surface area contributed by atoms with Crippen LogP contribution in [0.3, 0.4) is 0 Å². The van der Waals surface area contributed by atoms with Gasteiger partial charge >= 0.3 is 0 Å². The maximum absolute atomic E-state index is 12.3. The Morgan fingerprint density at radius 2 is 2.00 bits per heavy atom. The van der Waals surface area contributed by atoms with E-state index in [1.54, 1.807) is 13.0 Å². The molecule has 1 aliphatic heterocycles. The van der Waals surface area contributed by atoms with Gasteiger partial charge in [-0.15, -0.1) is 0 Å². The molecule has 2 rings (SSSR count). The molecule has 1 aliphatic rings. The molecule has 5 nitrogen and oxygen atoms in total. The van der Waals surface area contributed by atoms with Crippen LogP contribution in [0.15, 0.2) is 24.3 Å². The van der Waals surface area contributed by atoms with E-state index >= 15 is 0 Å². The third-order valence-corrected chi connectivity index (χ3v) is 5.26. The monoisotopic (exact) mass is 284 g/mol. The van der Waals surface area contributed by atoms with Gasteiger partial charge in [0.2, 0.25) is 10.0 Å². The number of hydrogen-bond donors (Lipinski definition) is 2. The molecule has 1 heterocycles. The molecule has 1 atom stereocenters. The molecule has 1 aromatic carbocycles. The molecule has 0 aromatic heterocycles. The zero-order valence-corrected chi connectivity index (χ0v) is 11.9. The minimum atomic E-state index is -3.40. The lowest BCUT2D eigenvalue weighted by molar-refractivity contribution is 0.0762. The van der Waals surface area contributed by atoms with Gasteiger partial charge in [-0.1, -0.05) is 24.3 Å². The minimum Gasteiger partial charge on any atom is -0.389 e. The van der Waals surface area contributed by atoms with Crippen molar-refractivity contribution in [3.05, 3.63) is 35.4 Å². The van der Waals surface area contributed by atoms with E-state index in [0.29, 0.717) is 19.5 Å². The van der Waals surface area contributed by atoms with Crippen molar-refractivity contribution >= 4 is 10.0 Å². The number of aliphatic hydroxyl groups is 1. The quantitative estimate of drug-likeness (QED) is 0.840. The SMILES string of the molecule is CC1(O)CCN(S(=O)(=O)Cc2ccccc2CN)C1. The van der Waals surface area contributed by atoms with E-state index in [0.717, 1.165) is 11.1 Å². The van der Waals surface area contributed by atoms with Crippen LogP contribution < -0.4 is 5.73 Å². The maximum Gasteiger partial charge on any atom is 0.218 e. The molecule has 0 bridgehead atoms. The van der Waals surface area contributed by atoms with Crippen LogP contribution in [0.5, 0.6) is 0 Å². The molecule has 1 saturated heterocycles. The van der Waals surface area contributed by atoms with Crippen LogP contribution in [0.2, 0.25) is 0 Å². The van der Waals surface area contributed by atoms with Crippen molar-refractivity contribution in [1.29, 1.82) is 0 Å². The van der Waals surface area contributed by atoms with E-state index in [-0.39, 0.29) is 12.3 Å². The van der Waals surface area contributed by atoms with E-state index in [2.05, 4.69) is 0 Å². The van der Waals surface area contributed by atoms with E-state index < -0.39 is 15.6 Å². The van der Waals surface area contributed by atoms with E-state index in [1.165, 1.54) is 4.31 Å². The van der Waals surface area contributed by atoms with Gasteiger partial charge in [-0.3, -0.25) is 0 Å². The molecule has 1 fully saturated rings. The largest absolute Gasteiger partial charge is 0.389 e. The van der Waals surface area contributed by atoms with Gasteiger partial charge in [-0.25, -0.2) is 8.42 Å². The van der Waals surface area contributed by atoms with E-state index in [4.69, 9.17) is 5.73 Å². The summed E-state index contributed by atoms with van der Waals surface area (Å²) in [5.41, 5.74) is 6.28. The zero-order chi connectivity index (χ0) is 14.1. The summed E-state index contributed by atoms with van der Waals surface area (Å²) in [6.07, 6.45) is 0.477. The van der Waals surface area contributed by atoms with Gasteiger partial charge in [0, 0.05) is 19.6 Å². The summed E-state index contributed by atoms with van der Waals surface area (Å²) in [6.45, 7) is 2.53. The first-order valence-corrected chi connectivity index (χ1v) is 7.92. The molecule has 1 aromatic rings. The first-order valence-electron chi connectivity index (χ1n) is 6.31. The average Bonchev–Trinajstić information content (AvgIpc) is 2.71. The fourth-order valence-corrected chi connectivity index (χ4v) is 4.03. The van der Waals surface area contributed by atoms with Crippen molar-refractivity contribution in [2.45, 2.75) is 31.2 Å². The Balaban J connectivity index is 2.18. The summed E-state index contributed by atoms with van der Waals surface area (Å²) in [4.78, 5) is 0. The highest BCUT2D eigenvalue weighted by molar-refractivity contribution is 7.88. The molecule has 3 N–H and O–H groups in total. The lowest BCUT2D eigenvalue weighted by atomic mass is 10.1. The van der Waals surface area contributed by atoms with Crippen molar-refractivity contribution in [2.24, 2.45) is 5.73 Å². The highest BCUT2D eigenvalue weighted by atomic mass is 32.2. The maximum atomic E-state index is 12.3. The van der Waals surface area contributed by atoms with Crippen molar-refractivity contribution in [2.75, 3.05) is 13.1 Å². The molecular formula is C13H20N2O3S. The number of nitrogens with zero attached hydrogens (tertiary/aromatic N) is 1. The third-order valence-electron chi connectivity index (χ3n) is 3.49. The Kier molecular flexibility index (Phi) is 3.96. The van der Waals surface area contributed by atoms with Crippen molar-refractivity contribution in [3.63, 3.8) is 0 Å². The van der Waals surface area contributed by atoms with Crippen LogP contribution in [0, 0.1) is 0 Å². The van der Waals surface area contributed by atoms with Crippen molar-refractivity contribution in [3.8, 4) is 0 Å². The van der Waals surface area contributed by atoms with Gasteiger partial charge in [0.15, 0.2) is 0 Å². The molecule has 0 saturated carbocycles. The fraction of sp³-hybridized carbons (Fsp3) is 0.538. The third kappa shape index (κ3) is 3.33. The van der Waals surface area contributed by atoms with Gasteiger partial charge in [0.05, 0.1) is 11.4 Å². The standard InChI is InChI=1S/C13H20N2O3S/c1-13(16)6-7-15(10-13)19(17,18)9-12-5-3-2-4-11(12)8-14/h2-5,16H,6-10,14H2,1H3. The van der Waals surface area contributed by atoms with Crippen LogP contribution in [-0.2, 0) is 22.3 Å². The molecule has 6 heteroatoms.